The highest BCUT2D eigenvalue weighted by Crippen LogP contribution is 2.25. The van der Waals surface area contributed by atoms with Gasteiger partial charge in [-0.3, -0.25) is 4.79 Å². The fraction of sp³-hybridized carbons (Fsp3) is 0.174. The summed E-state index contributed by atoms with van der Waals surface area (Å²) < 4.78 is 1.76. The number of carbonyl (C=O) groups is 1. The number of benzene rings is 2. The Morgan fingerprint density at radius 3 is 2.45 bits per heavy atom. The molecule has 0 radical (unpaired) electrons. The van der Waals surface area contributed by atoms with Crippen molar-refractivity contribution in [2.24, 2.45) is 0 Å². The second-order valence-electron chi connectivity index (χ2n) is 7.02. The Labute approximate surface area is 174 Å². The molecule has 0 aliphatic rings. The lowest BCUT2D eigenvalue weighted by molar-refractivity contribution is 0.0940. The lowest BCUT2D eigenvalue weighted by atomic mass is 10.1. The van der Waals surface area contributed by atoms with Gasteiger partial charge in [-0.2, -0.15) is 5.10 Å². The Kier molecular flexibility index (Phi) is 5.27. The topological polar surface area (TPSA) is 59.8 Å². The van der Waals surface area contributed by atoms with Crippen LogP contribution >= 0.6 is 11.3 Å². The Bertz CT molecular complexity index is 1130. The zero-order chi connectivity index (χ0) is 20.4. The summed E-state index contributed by atoms with van der Waals surface area (Å²) in [5.74, 6) is -0.166. The van der Waals surface area contributed by atoms with Crippen LogP contribution < -0.4 is 5.32 Å². The molecule has 1 unspecified atom stereocenters. The van der Waals surface area contributed by atoms with Crippen LogP contribution in [0.4, 0.5) is 0 Å². The summed E-state index contributed by atoms with van der Waals surface area (Å²) in [5.41, 5.74) is 5.05. The lowest BCUT2D eigenvalue weighted by Gasteiger charge is -2.11. The molecule has 6 heteroatoms. The number of amides is 1. The second kappa shape index (κ2) is 8.01. The van der Waals surface area contributed by atoms with Crippen LogP contribution in [-0.4, -0.2) is 20.7 Å². The molecule has 0 bridgehead atoms. The molecular weight excluding hydrogens is 380 g/mol. The number of aryl methyl sites for hydroxylation is 2. The van der Waals surface area contributed by atoms with Gasteiger partial charge in [0.25, 0.3) is 5.91 Å². The first-order chi connectivity index (χ1) is 14.0. The van der Waals surface area contributed by atoms with E-state index in [2.05, 4.69) is 10.3 Å². The van der Waals surface area contributed by atoms with Crippen molar-refractivity contribution in [2.45, 2.75) is 26.8 Å². The average molecular weight is 403 g/mol. The molecular formula is C23H22N4OS. The fourth-order valence-corrected chi connectivity index (χ4v) is 3.81. The maximum absolute atomic E-state index is 13.1. The van der Waals surface area contributed by atoms with Gasteiger partial charge in [0, 0.05) is 17.1 Å². The molecule has 146 valence electrons. The molecule has 0 saturated carbocycles. The van der Waals surface area contributed by atoms with Gasteiger partial charge in [-0.15, -0.1) is 11.3 Å². The van der Waals surface area contributed by atoms with Crippen LogP contribution in [0.1, 0.15) is 39.6 Å². The Morgan fingerprint density at radius 1 is 1.07 bits per heavy atom. The number of hydrogen-bond acceptors (Lipinski definition) is 4. The van der Waals surface area contributed by atoms with Gasteiger partial charge < -0.3 is 5.32 Å². The Hall–Kier alpha value is -3.25. The van der Waals surface area contributed by atoms with Crippen molar-refractivity contribution in [3.05, 3.63) is 88.0 Å². The average Bonchev–Trinajstić information content (AvgIpc) is 3.36. The minimum atomic E-state index is -0.182. The number of rotatable bonds is 5. The van der Waals surface area contributed by atoms with Crippen LogP contribution in [0.15, 0.2) is 66.2 Å². The number of nitrogens with one attached hydrogen (secondary N) is 1. The second-order valence-corrected chi connectivity index (χ2v) is 8.09. The molecule has 0 fully saturated rings. The smallest absolute Gasteiger partial charge is 0.255 e. The van der Waals surface area contributed by atoms with E-state index in [1.807, 2.05) is 80.7 Å². The summed E-state index contributed by atoms with van der Waals surface area (Å²) in [5, 5.41) is 10.8. The van der Waals surface area contributed by atoms with E-state index in [1.54, 1.807) is 22.2 Å². The largest absolute Gasteiger partial charge is 0.344 e. The van der Waals surface area contributed by atoms with Gasteiger partial charge in [0.2, 0.25) is 0 Å². The third-order valence-corrected chi connectivity index (χ3v) is 5.52. The van der Waals surface area contributed by atoms with Crippen LogP contribution in [0.3, 0.4) is 0 Å². The van der Waals surface area contributed by atoms with Gasteiger partial charge in [-0.25, -0.2) is 9.67 Å². The SMILES string of the molecule is Cc1ccc(-n2cc(C(=O)NC(C)c3csc(C)n3)c(-c3ccccc3)n2)cc1. The first kappa shape index (κ1) is 19.1. The van der Waals surface area contributed by atoms with E-state index >= 15 is 0 Å². The van der Waals surface area contributed by atoms with Crippen molar-refractivity contribution < 1.29 is 4.79 Å². The Balaban J connectivity index is 1.70. The number of carbonyl (C=O) groups excluding carboxylic acids is 1. The molecule has 29 heavy (non-hydrogen) atoms. The molecule has 0 spiro atoms. The van der Waals surface area contributed by atoms with E-state index in [9.17, 15) is 4.79 Å². The minimum Gasteiger partial charge on any atom is -0.344 e. The van der Waals surface area contributed by atoms with Gasteiger partial charge in [0.05, 0.1) is 28.0 Å². The normalized spacial score (nSPS) is 12.0. The highest BCUT2D eigenvalue weighted by Gasteiger charge is 2.21. The Morgan fingerprint density at radius 2 is 1.79 bits per heavy atom. The monoisotopic (exact) mass is 402 g/mol. The summed E-state index contributed by atoms with van der Waals surface area (Å²) in [6, 6.07) is 17.7. The van der Waals surface area contributed by atoms with Gasteiger partial charge in [-0.1, -0.05) is 48.0 Å². The number of aromatic nitrogens is 3. The predicted octanol–water partition coefficient (Wildman–Crippen LogP) is 5.10. The third-order valence-electron chi connectivity index (χ3n) is 4.73. The van der Waals surface area contributed by atoms with Crippen molar-refractivity contribution in [1.82, 2.24) is 20.1 Å². The molecule has 0 aliphatic carbocycles. The van der Waals surface area contributed by atoms with Crippen LogP contribution in [0.2, 0.25) is 0 Å². The maximum atomic E-state index is 13.1. The number of nitrogens with zero attached hydrogens (tertiary/aromatic N) is 3. The van der Waals surface area contributed by atoms with E-state index in [1.165, 1.54) is 5.56 Å². The van der Waals surface area contributed by atoms with Crippen molar-refractivity contribution in [3.63, 3.8) is 0 Å². The molecule has 1 atom stereocenters. The summed E-state index contributed by atoms with van der Waals surface area (Å²) in [4.78, 5) is 17.6. The summed E-state index contributed by atoms with van der Waals surface area (Å²) in [7, 11) is 0. The quantitative estimate of drug-likeness (QED) is 0.505. The van der Waals surface area contributed by atoms with E-state index in [4.69, 9.17) is 5.10 Å². The van der Waals surface area contributed by atoms with E-state index in [-0.39, 0.29) is 11.9 Å². The molecule has 4 rings (SSSR count). The van der Waals surface area contributed by atoms with Gasteiger partial charge in [0.1, 0.15) is 5.69 Å². The van der Waals surface area contributed by atoms with Crippen molar-refractivity contribution >= 4 is 17.2 Å². The summed E-state index contributed by atoms with van der Waals surface area (Å²) in [6.07, 6.45) is 1.79. The number of hydrogen-bond donors (Lipinski definition) is 1. The van der Waals surface area contributed by atoms with Gasteiger partial charge in [0.15, 0.2) is 0 Å². The molecule has 1 N–H and O–H groups in total. The molecule has 0 aliphatic heterocycles. The van der Waals surface area contributed by atoms with Crippen LogP contribution in [0, 0.1) is 13.8 Å². The summed E-state index contributed by atoms with van der Waals surface area (Å²) in [6.45, 7) is 5.95. The molecule has 2 heterocycles. The first-order valence-electron chi connectivity index (χ1n) is 9.46. The van der Waals surface area contributed by atoms with E-state index in [0.29, 0.717) is 11.3 Å². The van der Waals surface area contributed by atoms with E-state index < -0.39 is 0 Å². The van der Waals surface area contributed by atoms with Crippen molar-refractivity contribution in [2.75, 3.05) is 0 Å². The van der Waals surface area contributed by atoms with Crippen LogP contribution in [0.5, 0.6) is 0 Å². The maximum Gasteiger partial charge on any atom is 0.255 e. The zero-order valence-corrected chi connectivity index (χ0v) is 17.4. The van der Waals surface area contributed by atoms with Crippen LogP contribution in [-0.2, 0) is 0 Å². The molecule has 0 saturated heterocycles. The molecule has 2 aromatic carbocycles. The predicted molar refractivity (Wildman–Crippen MR) is 116 cm³/mol. The van der Waals surface area contributed by atoms with E-state index in [0.717, 1.165) is 22.0 Å². The van der Waals surface area contributed by atoms with Gasteiger partial charge in [-0.05, 0) is 32.9 Å². The minimum absolute atomic E-state index is 0.166. The van der Waals surface area contributed by atoms with Crippen molar-refractivity contribution in [1.29, 1.82) is 0 Å². The third kappa shape index (κ3) is 4.12. The summed E-state index contributed by atoms with van der Waals surface area (Å²) >= 11 is 1.58. The highest BCUT2D eigenvalue weighted by atomic mass is 32.1. The van der Waals surface area contributed by atoms with Gasteiger partial charge >= 0.3 is 0 Å². The standard InChI is InChI=1S/C23H22N4OS/c1-15-9-11-19(12-10-15)27-13-20(22(26-27)18-7-5-4-6-8-18)23(28)24-16(2)21-14-29-17(3)25-21/h4-14,16H,1-3H3,(H,24,28). The van der Waals surface area contributed by atoms with Crippen LogP contribution in [0.25, 0.3) is 16.9 Å². The molecule has 5 nitrogen and oxygen atoms in total. The lowest BCUT2D eigenvalue weighted by Crippen LogP contribution is -2.27. The van der Waals surface area contributed by atoms with Crippen molar-refractivity contribution in [3.8, 4) is 16.9 Å². The fourth-order valence-electron chi connectivity index (χ4n) is 3.11. The molecule has 2 aromatic heterocycles. The zero-order valence-electron chi connectivity index (χ0n) is 16.6. The molecule has 4 aromatic rings. The first-order valence-corrected chi connectivity index (χ1v) is 10.3. The number of thiazole rings is 1. The highest BCUT2D eigenvalue weighted by molar-refractivity contribution is 7.09. The molecule has 1 amide bonds.